The van der Waals surface area contributed by atoms with Crippen LogP contribution < -0.4 is 10.6 Å². The highest BCUT2D eigenvalue weighted by atomic mass is 19.2. The molecule has 1 aromatic heterocycles. The van der Waals surface area contributed by atoms with E-state index in [0.29, 0.717) is 49.6 Å². The molecule has 0 radical (unpaired) electrons. The third-order valence-corrected chi connectivity index (χ3v) is 6.97. The predicted molar refractivity (Wildman–Crippen MR) is 140 cm³/mol. The van der Waals surface area contributed by atoms with E-state index in [1.807, 2.05) is 18.2 Å². The van der Waals surface area contributed by atoms with E-state index < -0.39 is 17.7 Å². The number of hydrogen-bond acceptors (Lipinski definition) is 5. The highest BCUT2D eigenvalue weighted by Gasteiger charge is 2.35. The number of benzene rings is 1. The average Bonchev–Trinajstić information content (AvgIpc) is 3.46. The quantitative estimate of drug-likeness (QED) is 0.550. The summed E-state index contributed by atoms with van der Waals surface area (Å²) < 4.78 is 34.3. The van der Waals surface area contributed by atoms with Crippen LogP contribution in [-0.4, -0.2) is 85.0 Å². The fourth-order valence-corrected chi connectivity index (χ4v) is 4.88. The van der Waals surface area contributed by atoms with Crippen molar-refractivity contribution in [3.05, 3.63) is 71.0 Å². The van der Waals surface area contributed by atoms with E-state index in [-0.39, 0.29) is 23.8 Å². The molecule has 1 unspecified atom stereocenters. The van der Waals surface area contributed by atoms with Crippen molar-refractivity contribution in [3.63, 3.8) is 0 Å². The number of amides is 3. The second-order valence-corrected chi connectivity index (χ2v) is 9.88. The highest BCUT2D eigenvalue weighted by Crippen LogP contribution is 2.30. The second-order valence-electron chi connectivity index (χ2n) is 9.88. The van der Waals surface area contributed by atoms with Gasteiger partial charge in [0.2, 0.25) is 0 Å². The number of methoxy groups -OCH3 is 1. The maximum Gasteiger partial charge on any atom is 0.320 e. The van der Waals surface area contributed by atoms with Crippen LogP contribution in [0.2, 0.25) is 0 Å². The number of carbonyl (C=O) groups is 2. The normalized spacial score (nSPS) is 21.3. The van der Waals surface area contributed by atoms with Crippen molar-refractivity contribution in [3.8, 4) is 0 Å². The molecule has 204 valence electrons. The Hall–Kier alpha value is -3.57. The molecular formula is C27H34F2N6O3. The van der Waals surface area contributed by atoms with Crippen molar-refractivity contribution < 1.29 is 23.1 Å². The molecular weight excluding hydrogens is 494 g/mol. The van der Waals surface area contributed by atoms with Gasteiger partial charge < -0.3 is 15.0 Å². The number of hydrogen-bond donors (Lipinski definition) is 2. The van der Waals surface area contributed by atoms with E-state index in [2.05, 4.69) is 20.6 Å². The molecule has 1 fully saturated rings. The first-order chi connectivity index (χ1) is 18.2. The SMILES string of the molecule is COCCN1C[C@@H](NC(=O)Nc2cc(C3C=CC(C(=O)N(C)C)=CC3)nn2C)[C@H](c2ccc(F)c(F)c2)C1. The van der Waals surface area contributed by atoms with Gasteiger partial charge in [0.05, 0.1) is 18.3 Å². The monoisotopic (exact) mass is 528 g/mol. The van der Waals surface area contributed by atoms with E-state index >= 15 is 0 Å². The number of urea groups is 1. The average molecular weight is 529 g/mol. The lowest BCUT2D eigenvalue weighted by Gasteiger charge is -2.20. The Kier molecular flexibility index (Phi) is 8.58. The zero-order chi connectivity index (χ0) is 27.4. The van der Waals surface area contributed by atoms with Gasteiger partial charge in [-0.05, 0) is 24.1 Å². The standard InChI is InChI=1S/C27H34F2N6O3/c1-33(2)26(36)18-7-5-17(6-8-18)23-14-25(34(3)32-23)31-27(37)30-24-16-35(11-12-38-4)15-20(24)19-9-10-21(28)22(29)13-19/h5,7-10,13-14,17,20,24H,6,11-12,15-16H2,1-4H3,(H2,30,31,37)/t17?,20-,24+/m0/s1. The lowest BCUT2D eigenvalue weighted by atomic mass is 9.93. The molecule has 1 aromatic carbocycles. The van der Waals surface area contributed by atoms with E-state index in [1.54, 1.807) is 45.1 Å². The summed E-state index contributed by atoms with van der Waals surface area (Å²) in [6.45, 7) is 2.31. The summed E-state index contributed by atoms with van der Waals surface area (Å²) in [5.74, 6) is -1.57. The maximum absolute atomic E-state index is 14.0. The Balaban J connectivity index is 1.42. The van der Waals surface area contributed by atoms with Crippen molar-refractivity contribution in [2.24, 2.45) is 7.05 Å². The van der Waals surface area contributed by atoms with Crippen LogP contribution in [0.4, 0.5) is 19.4 Å². The van der Waals surface area contributed by atoms with Crippen molar-refractivity contribution in [1.82, 2.24) is 24.9 Å². The first-order valence-corrected chi connectivity index (χ1v) is 12.5. The van der Waals surface area contributed by atoms with Gasteiger partial charge in [-0.15, -0.1) is 0 Å². The molecule has 3 amide bonds. The molecule has 38 heavy (non-hydrogen) atoms. The minimum atomic E-state index is -0.909. The number of aryl methyl sites for hydroxylation is 1. The van der Waals surface area contributed by atoms with Crippen LogP contribution in [0.25, 0.3) is 0 Å². The molecule has 2 N–H and O–H groups in total. The van der Waals surface area contributed by atoms with Crippen LogP contribution in [0.3, 0.4) is 0 Å². The molecule has 0 spiro atoms. The van der Waals surface area contributed by atoms with Gasteiger partial charge in [-0.25, -0.2) is 13.6 Å². The molecule has 9 nitrogen and oxygen atoms in total. The zero-order valence-electron chi connectivity index (χ0n) is 22.1. The number of nitrogens with zero attached hydrogens (tertiary/aromatic N) is 4. The Labute approximate surface area is 221 Å². The Morgan fingerprint density at radius 2 is 1.97 bits per heavy atom. The van der Waals surface area contributed by atoms with Crippen LogP contribution in [0.1, 0.15) is 29.5 Å². The second kappa shape index (κ2) is 11.9. The summed E-state index contributed by atoms with van der Waals surface area (Å²) in [6.07, 6.45) is 6.28. The van der Waals surface area contributed by atoms with Gasteiger partial charge in [-0.1, -0.05) is 24.3 Å². The minimum Gasteiger partial charge on any atom is -0.383 e. The highest BCUT2D eigenvalue weighted by molar-refractivity contribution is 5.96. The Bertz CT molecular complexity index is 1240. The third kappa shape index (κ3) is 6.28. The van der Waals surface area contributed by atoms with E-state index in [4.69, 9.17) is 4.74 Å². The summed E-state index contributed by atoms with van der Waals surface area (Å²) in [7, 11) is 6.80. The Morgan fingerprint density at radius 3 is 2.63 bits per heavy atom. The van der Waals surface area contributed by atoms with Crippen LogP contribution in [0.15, 0.2) is 48.1 Å². The van der Waals surface area contributed by atoms with Crippen LogP contribution in [-0.2, 0) is 16.6 Å². The number of likely N-dealkylation sites (N-methyl/N-ethyl adjacent to an activating group) is 1. The predicted octanol–water partition coefficient (Wildman–Crippen LogP) is 2.99. The largest absolute Gasteiger partial charge is 0.383 e. The number of ether oxygens (including phenoxy) is 1. The fraction of sp³-hybridized carbons (Fsp3) is 0.444. The van der Waals surface area contributed by atoms with Gasteiger partial charge in [0.1, 0.15) is 5.82 Å². The maximum atomic E-state index is 14.0. The number of anilines is 1. The fourth-order valence-electron chi connectivity index (χ4n) is 4.88. The van der Waals surface area contributed by atoms with Gasteiger partial charge in [0.25, 0.3) is 5.91 Å². The molecule has 0 saturated carbocycles. The number of aromatic nitrogens is 2. The third-order valence-electron chi connectivity index (χ3n) is 6.97. The smallest absolute Gasteiger partial charge is 0.320 e. The number of halogens is 2. The molecule has 1 aliphatic heterocycles. The first kappa shape index (κ1) is 27.5. The molecule has 1 aliphatic carbocycles. The minimum absolute atomic E-state index is 0.0135. The topological polar surface area (TPSA) is 91.7 Å². The number of nitrogens with one attached hydrogen (secondary N) is 2. The molecule has 2 aromatic rings. The summed E-state index contributed by atoms with van der Waals surface area (Å²) in [5, 5.41) is 10.4. The van der Waals surface area contributed by atoms with Crippen molar-refractivity contribution in [1.29, 1.82) is 0 Å². The van der Waals surface area contributed by atoms with Gasteiger partial charge in [-0.3, -0.25) is 19.7 Å². The van der Waals surface area contributed by atoms with Gasteiger partial charge in [0.15, 0.2) is 11.6 Å². The van der Waals surface area contributed by atoms with Crippen LogP contribution in [0.5, 0.6) is 0 Å². The Morgan fingerprint density at radius 1 is 1.18 bits per heavy atom. The van der Waals surface area contributed by atoms with Crippen molar-refractivity contribution in [2.45, 2.75) is 24.3 Å². The first-order valence-electron chi connectivity index (χ1n) is 12.5. The van der Waals surface area contributed by atoms with E-state index in [9.17, 15) is 18.4 Å². The summed E-state index contributed by atoms with van der Waals surface area (Å²) in [6, 6.07) is 4.96. The molecule has 11 heteroatoms. The molecule has 1 saturated heterocycles. The molecule has 2 aliphatic rings. The van der Waals surface area contributed by atoms with Crippen LogP contribution >= 0.6 is 0 Å². The van der Waals surface area contributed by atoms with Gasteiger partial charge >= 0.3 is 6.03 Å². The molecule has 2 heterocycles. The number of carbonyl (C=O) groups excluding carboxylic acids is 2. The molecule has 0 bridgehead atoms. The zero-order valence-corrected chi connectivity index (χ0v) is 22.1. The van der Waals surface area contributed by atoms with E-state index in [1.165, 1.54) is 11.0 Å². The van der Waals surface area contributed by atoms with Crippen LogP contribution in [0, 0.1) is 11.6 Å². The molecule has 3 atom stereocenters. The summed E-state index contributed by atoms with van der Waals surface area (Å²) in [4.78, 5) is 28.8. The van der Waals surface area contributed by atoms with Crippen molar-refractivity contribution in [2.75, 3.05) is 52.8 Å². The van der Waals surface area contributed by atoms with E-state index in [0.717, 1.165) is 11.8 Å². The lowest BCUT2D eigenvalue weighted by molar-refractivity contribution is -0.124. The summed E-state index contributed by atoms with van der Waals surface area (Å²) >= 11 is 0. The molecule has 4 rings (SSSR count). The van der Waals surface area contributed by atoms with Gasteiger partial charge in [-0.2, -0.15) is 5.10 Å². The summed E-state index contributed by atoms with van der Waals surface area (Å²) in [5.41, 5.74) is 2.05. The number of rotatable bonds is 8. The van der Waals surface area contributed by atoms with Crippen molar-refractivity contribution >= 4 is 17.8 Å². The van der Waals surface area contributed by atoms with Gasteiger partial charge in [0, 0.05) is 71.4 Å². The number of likely N-dealkylation sites (tertiary alicyclic amines) is 1. The lowest BCUT2D eigenvalue weighted by Crippen LogP contribution is -2.42. The number of allylic oxidation sites excluding steroid dienone is 2.